The van der Waals surface area contributed by atoms with E-state index in [1.54, 1.807) is 19.3 Å². The van der Waals surface area contributed by atoms with Crippen LogP contribution < -0.4 is 5.32 Å². The molecule has 0 saturated heterocycles. The Balaban J connectivity index is 2.09. The molecule has 0 radical (unpaired) electrons. The molecular weight excluding hydrogens is 270 g/mol. The Morgan fingerprint density at radius 2 is 2.19 bits per heavy atom. The van der Waals surface area contributed by atoms with Gasteiger partial charge in [0.15, 0.2) is 0 Å². The van der Waals surface area contributed by atoms with E-state index in [9.17, 15) is 10.1 Å². The molecule has 2 aromatic rings. The second-order valence-electron chi connectivity index (χ2n) is 4.99. The number of nitrogens with one attached hydrogen (secondary N) is 1. The van der Waals surface area contributed by atoms with Gasteiger partial charge >= 0.3 is 0 Å². The van der Waals surface area contributed by atoms with E-state index in [4.69, 9.17) is 0 Å². The maximum Gasteiger partial charge on any atom is 0.292 e. The first-order chi connectivity index (χ1) is 10.0. The van der Waals surface area contributed by atoms with Crippen LogP contribution in [0, 0.1) is 10.1 Å². The van der Waals surface area contributed by atoms with Crippen LogP contribution in [0.1, 0.15) is 11.4 Å². The summed E-state index contributed by atoms with van der Waals surface area (Å²) in [5.74, 6) is 0.980. The van der Waals surface area contributed by atoms with Gasteiger partial charge in [-0.15, -0.1) is 0 Å². The molecule has 1 heterocycles. The highest BCUT2D eigenvalue weighted by Gasteiger charge is 2.13. The van der Waals surface area contributed by atoms with Gasteiger partial charge in [0, 0.05) is 39.1 Å². The van der Waals surface area contributed by atoms with Gasteiger partial charge < -0.3 is 9.88 Å². The summed E-state index contributed by atoms with van der Waals surface area (Å²) in [6.07, 6.45) is 3.68. The van der Waals surface area contributed by atoms with Crippen LogP contribution in [0.3, 0.4) is 0 Å². The van der Waals surface area contributed by atoms with Gasteiger partial charge in [-0.2, -0.15) is 0 Å². The van der Waals surface area contributed by atoms with Gasteiger partial charge in [0.1, 0.15) is 11.5 Å². The zero-order valence-electron chi connectivity index (χ0n) is 12.4. The lowest BCUT2D eigenvalue weighted by Gasteiger charge is -2.17. The lowest BCUT2D eigenvalue weighted by atomic mass is 10.1. The molecule has 112 valence electrons. The SMILES string of the molecule is CNc1cc(CN(C)Cc2nccn2C)ccc1[N+](=O)[O-]. The van der Waals surface area contributed by atoms with E-state index in [1.165, 1.54) is 6.07 Å². The van der Waals surface area contributed by atoms with E-state index in [-0.39, 0.29) is 10.6 Å². The molecular formula is C14H19N5O2. The molecule has 0 aliphatic rings. The van der Waals surface area contributed by atoms with Crippen LogP contribution in [0.5, 0.6) is 0 Å². The number of aryl methyl sites for hydroxylation is 1. The van der Waals surface area contributed by atoms with Crippen LogP contribution in [0.2, 0.25) is 0 Å². The number of anilines is 1. The van der Waals surface area contributed by atoms with Gasteiger partial charge in [-0.3, -0.25) is 15.0 Å². The Bertz CT molecular complexity index is 638. The molecule has 0 atom stereocenters. The maximum absolute atomic E-state index is 10.9. The molecule has 1 aromatic carbocycles. The van der Waals surface area contributed by atoms with Gasteiger partial charge in [-0.1, -0.05) is 6.07 Å². The molecule has 0 aliphatic heterocycles. The molecule has 7 nitrogen and oxygen atoms in total. The first-order valence-electron chi connectivity index (χ1n) is 6.61. The predicted molar refractivity (Wildman–Crippen MR) is 81.0 cm³/mol. The molecule has 7 heteroatoms. The highest BCUT2D eigenvalue weighted by Crippen LogP contribution is 2.25. The molecule has 21 heavy (non-hydrogen) atoms. The largest absolute Gasteiger partial charge is 0.383 e. The molecule has 0 bridgehead atoms. The fourth-order valence-electron chi connectivity index (χ4n) is 2.20. The topological polar surface area (TPSA) is 76.2 Å². The monoisotopic (exact) mass is 289 g/mol. The Kier molecular flexibility index (Phi) is 4.54. The summed E-state index contributed by atoms with van der Waals surface area (Å²) in [6, 6.07) is 5.14. The molecule has 0 fully saturated rings. The second-order valence-corrected chi connectivity index (χ2v) is 4.99. The van der Waals surface area contributed by atoms with Crippen molar-refractivity contribution in [2.24, 2.45) is 7.05 Å². The Labute approximate surface area is 123 Å². The summed E-state index contributed by atoms with van der Waals surface area (Å²) in [5.41, 5.74) is 1.64. The number of nitro benzene ring substituents is 1. The van der Waals surface area contributed by atoms with Crippen molar-refractivity contribution >= 4 is 11.4 Å². The van der Waals surface area contributed by atoms with E-state index in [1.807, 2.05) is 30.9 Å². The van der Waals surface area contributed by atoms with Crippen molar-refractivity contribution in [1.29, 1.82) is 0 Å². The average molecular weight is 289 g/mol. The smallest absolute Gasteiger partial charge is 0.292 e. The van der Waals surface area contributed by atoms with E-state index in [0.29, 0.717) is 12.2 Å². The van der Waals surface area contributed by atoms with E-state index in [2.05, 4.69) is 15.2 Å². The normalized spacial score (nSPS) is 10.9. The number of nitrogens with zero attached hydrogens (tertiary/aromatic N) is 4. The molecule has 0 aliphatic carbocycles. The lowest BCUT2D eigenvalue weighted by Crippen LogP contribution is -2.19. The number of rotatable bonds is 6. The molecule has 1 N–H and O–H groups in total. The first-order valence-corrected chi connectivity index (χ1v) is 6.61. The van der Waals surface area contributed by atoms with Gasteiger partial charge in [-0.05, 0) is 18.7 Å². The van der Waals surface area contributed by atoms with Crippen LogP contribution >= 0.6 is 0 Å². The molecule has 0 saturated carbocycles. The summed E-state index contributed by atoms with van der Waals surface area (Å²) in [5, 5.41) is 13.8. The summed E-state index contributed by atoms with van der Waals surface area (Å²) >= 11 is 0. The van der Waals surface area contributed by atoms with Gasteiger partial charge in [0.2, 0.25) is 0 Å². The van der Waals surface area contributed by atoms with Crippen molar-refractivity contribution in [1.82, 2.24) is 14.5 Å². The van der Waals surface area contributed by atoms with E-state index >= 15 is 0 Å². The van der Waals surface area contributed by atoms with E-state index < -0.39 is 0 Å². The number of aromatic nitrogens is 2. The fraction of sp³-hybridized carbons (Fsp3) is 0.357. The van der Waals surface area contributed by atoms with Crippen LogP contribution in [0.15, 0.2) is 30.6 Å². The van der Waals surface area contributed by atoms with Crippen LogP contribution in [-0.4, -0.2) is 33.5 Å². The summed E-state index contributed by atoms with van der Waals surface area (Å²) in [7, 11) is 5.64. The zero-order valence-corrected chi connectivity index (χ0v) is 12.4. The number of benzene rings is 1. The molecule has 0 spiro atoms. The minimum absolute atomic E-state index is 0.0907. The minimum Gasteiger partial charge on any atom is -0.383 e. The minimum atomic E-state index is -0.382. The summed E-state index contributed by atoms with van der Waals surface area (Å²) in [4.78, 5) is 16.9. The number of hydrogen-bond acceptors (Lipinski definition) is 5. The third kappa shape index (κ3) is 3.57. The predicted octanol–water partition coefficient (Wildman–Crippen LogP) is 2.00. The summed E-state index contributed by atoms with van der Waals surface area (Å²) < 4.78 is 1.98. The third-order valence-electron chi connectivity index (χ3n) is 3.31. The Morgan fingerprint density at radius 1 is 1.43 bits per heavy atom. The number of imidazole rings is 1. The third-order valence-corrected chi connectivity index (χ3v) is 3.31. The number of nitro groups is 1. The van der Waals surface area contributed by atoms with Crippen molar-refractivity contribution in [2.75, 3.05) is 19.4 Å². The van der Waals surface area contributed by atoms with Crippen molar-refractivity contribution in [3.8, 4) is 0 Å². The second kappa shape index (κ2) is 6.36. The Morgan fingerprint density at radius 3 is 2.76 bits per heavy atom. The van der Waals surface area contributed by atoms with Crippen LogP contribution in [0.25, 0.3) is 0 Å². The van der Waals surface area contributed by atoms with Crippen molar-refractivity contribution in [3.63, 3.8) is 0 Å². The maximum atomic E-state index is 10.9. The highest BCUT2D eigenvalue weighted by molar-refractivity contribution is 5.62. The fourth-order valence-corrected chi connectivity index (χ4v) is 2.20. The van der Waals surface area contributed by atoms with Gasteiger partial charge in [0.25, 0.3) is 5.69 Å². The molecule has 0 unspecified atom stereocenters. The van der Waals surface area contributed by atoms with Crippen molar-refractivity contribution in [2.45, 2.75) is 13.1 Å². The summed E-state index contributed by atoms with van der Waals surface area (Å²) in [6.45, 7) is 1.41. The van der Waals surface area contributed by atoms with Gasteiger partial charge in [0.05, 0.1) is 11.5 Å². The van der Waals surface area contributed by atoms with Crippen molar-refractivity contribution in [3.05, 3.63) is 52.1 Å². The lowest BCUT2D eigenvalue weighted by molar-refractivity contribution is -0.384. The quantitative estimate of drug-likeness (QED) is 0.650. The first kappa shape index (κ1) is 15.0. The van der Waals surface area contributed by atoms with Crippen LogP contribution in [0.4, 0.5) is 11.4 Å². The van der Waals surface area contributed by atoms with Gasteiger partial charge in [-0.25, -0.2) is 4.98 Å². The van der Waals surface area contributed by atoms with Crippen molar-refractivity contribution < 1.29 is 4.92 Å². The molecule has 1 aromatic heterocycles. The molecule has 0 amide bonds. The van der Waals surface area contributed by atoms with Crippen LogP contribution in [-0.2, 0) is 20.1 Å². The standard InChI is InChI=1S/C14H19N5O2/c1-15-12-8-11(4-5-13(12)19(20)21)9-17(2)10-14-16-6-7-18(14)3/h4-8,15H,9-10H2,1-3H3. The number of hydrogen-bond donors (Lipinski definition) is 1. The zero-order chi connectivity index (χ0) is 15.4. The molecule has 2 rings (SSSR count). The van der Waals surface area contributed by atoms with E-state index in [0.717, 1.165) is 17.9 Å². The average Bonchev–Trinajstić information content (AvgIpc) is 2.83. The Hall–Kier alpha value is -2.41. The highest BCUT2D eigenvalue weighted by atomic mass is 16.6.